The fourth-order valence-electron chi connectivity index (χ4n) is 1.40. The molecule has 4 nitrogen and oxygen atoms in total. The standard InChI is InChI=1S/C13H14BrN3OS/c1-2-6-18-12-11(15)13(17-8-16-12)19-10-5-3-4-9(14)7-10/h3-5,7-8H,2,6,15H2,1H3. The van der Waals surface area contributed by atoms with Crippen molar-refractivity contribution < 1.29 is 4.74 Å². The largest absolute Gasteiger partial charge is 0.476 e. The van der Waals surface area contributed by atoms with Gasteiger partial charge in [-0.3, -0.25) is 0 Å². The van der Waals surface area contributed by atoms with Crippen LogP contribution in [0.3, 0.4) is 0 Å². The molecule has 0 saturated carbocycles. The zero-order chi connectivity index (χ0) is 13.7. The second-order valence-electron chi connectivity index (χ2n) is 3.81. The van der Waals surface area contributed by atoms with Crippen LogP contribution in [0.4, 0.5) is 5.69 Å². The van der Waals surface area contributed by atoms with Gasteiger partial charge in [-0.15, -0.1) is 0 Å². The van der Waals surface area contributed by atoms with Crippen molar-refractivity contribution in [1.29, 1.82) is 0 Å². The summed E-state index contributed by atoms with van der Waals surface area (Å²) in [6.07, 6.45) is 2.39. The summed E-state index contributed by atoms with van der Waals surface area (Å²) < 4.78 is 6.51. The van der Waals surface area contributed by atoms with Crippen LogP contribution in [0.25, 0.3) is 0 Å². The predicted octanol–water partition coefficient (Wildman–Crippen LogP) is 3.76. The third-order valence-electron chi connectivity index (χ3n) is 2.26. The van der Waals surface area contributed by atoms with Crippen LogP contribution in [0.2, 0.25) is 0 Å². The van der Waals surface area contributed by atoms with Gasteiger partial charge in [-0.2, -0.15) is 4.98 Å². The minimum Gasteiger partial charge on any atom is -0.476 e. The molecular formula is C13H14BrN3OS. The number of nitrogens with zero attached hydrogens (tertiary/aromatic N) is 2. The topological polar surface area (TPSA) is 61.0 Å². The van der Waals surface area contributed by atoms with Crippen molar-refractivity contribution in [3.63, 3.8) is 0 Å². The molecule has 1 aromatic carbocycles. The lowest BCUT2D eigenvalue weighted by Gasteiger charge is -2.09. The van der Waals surface area contributed by atoms with Crippen LogP contribution in [-0.4, -0.2) is 16.6 Å². The summed E-state index contributed by atoms with van der Waals surface area (Å²) in [7, 11) is 0. The lowest BCUT2D eigenvalue weighted by atomic mass is 10.4. The Hall–Kier alpha value is -1.27. The number of aromatic nitrogens is 2. The molecule has 0 aliphatic rings. The van der Waals surface area contributed by atoms with E-state index in [4.69, 9.17) is 10.5 Å². The summed E-state index contributed by atoms with van der Waals surface area (Å²) in [5, 5.41) is 0.708. The molecule has 0 bridgehead atoms. The molecule has 0 aliphatic carbocycles. The van der Waals surface area contributed by atoms with Gasteiger partial charge in [-0.1, -0.05) is 40.7 Å². The van der Waals surface area contributed by atoms with Gasteiger partial charge in [0, 0.05) is 9.37 Å². The van der Waals surface area contributed by atoms with E-state index in [1.165, 1.54) is 18.1 Å². The Morgan fingerprint density at radius 2 is 2.21 bits per heavy atom. The summed E-state index contributed by atoms with van der Waals surface area (Å²) in [4.78, 5) is 9.31. The fourth-order valence-corrected chi connectivity index (χ4v) is 2.81. The Bertz CT molecular complexity index is 565. The first-order valence-corrected chi connectivity index (χ1v) is 7.48. The molecule has 6 heteroatoms. The number of ether oxygens (including phenoxy) is 1. The first-order chi connectivity index (χ1) is 9.20. The quantitative estimate of drug-likeness (QED) is 0.840. The van der Waals surface area contributed by atoms with E-state index in [1.54, 1.807) is 0 Å². The number of halogens is 1. The first kappa shape index (κ1) is 14.1. The molecule has 1 aromatic heterocycles. The van der Waals surface area contributed by atoms with E-state index in [1.807, 2.05) is 31.2 Å². The third kappa shape index (κ3) is 3.84. The maximum absolute atomic E-state index is 6.03. The van der Waals surface area contributed by atoms with E-state index in [-0.39, 0.29) is 0 Å². The zero-order valence-electron chi connectivity index (χ0n) is 10.5. The number of hydrogen-bond acceptors (Lipinski definition) is 5. The maximum atomic E-state index is 6.03. The molecule has 0 atom stereocenters. The molecule has 0 spiro atoms. The highest BCUT2D eigenvalue weighted by Gasteiger charge is 2.10. The van der Waals surface area contributed by atoms with E-state index in [0.717, 1.165) is 15.8 Å². The molecule has 0 amide bonds. The van der Waals surface area contributed by atoms with Crippen LogP contribution in [0.15, 0.2) is 45.0 Å². The Morgan fingerprint density at radius 3 is 2.95 bits per heavy atom. The molecule has 19 heavy (non-hydrogen) atoms. The van der Waals surface area contributed by atoms with Gasteiger partial charge in [0.15, 0.2) is 0 Å². The lowest BCUT2D eigenvalue weighted by molar-refractivity contribution is 0.305. The van der Waals surface area contributed by atoms with Crippen molar-refractivity contribution in [3.05, 3.63) is 35.1 Å². The number of rotatable bonds is 5. The molecule has 2 N–H and O–H groups in total. The van der Waals surface area contributed by atoms with E-state index >= 15 is 0 Å². The van der Waals surface area contributed by atoms with Gasteiger partial charge in [0.1, 0.15) is 17.0 Å². The van der Waals surface area contributed by atoms with Crippen molar-refractivity contribution in [2.24, 2.45) is 0 Å². The second kappa shape index (κ2) is 6.77. The Balaban J connectivity index is 2.20. The number of nitrogen functional groups attached to an aromatic ring is 1. The molecule has 0 unspecified atom stereocenters. The third-order valence-corrected chi connectivity index (χ3v) is 3.77. The minimum atomic E-state index is 0.453. The molecule has 0 radical (unpaired) electrons. The average molecular weight is 340 g/mol. The molecule has 0 saturated heterocycles. The van der Waals surface area contributed by atoms with Crippen LogP contribution < -0.4 is 10.5 Å². The summed E-state index contributed by atoms with van der Waals surface area (Å²) in [5.74, 6) is 0.453. The number of hydrogen-bond donors (Lipinski definition) is 1. The van der Waals surface area contributed by atoms with Gasteiger partial charge in [0.05, 0.1) is 6.61 Å². The summed E-state index contributed by atoms with van der Waals surface area (Å²) in [6, 6.07) is 7.96. The summed E-state index contributed by atoms with van der Waals surface area (Å²) >= 11 is 4.93. The highest BCUT2D eigenvalue weighted by atomic mass is 79.9. The SMILES string of the molecule is CCCOc1ncnc(Sc2cccc(Br)c2)c1N. The fraction of sp³-hybridized carbons (Fsp3) is 0.231. The summed E-state index contributed by atoms with van der Waals surface area (Å²) in [5.41, 5.74) is 6.51. The van der Waals surface area contributed by atoms with E-state index in [2.05, 4.69) is 25.9 Å². The van der Waals surface area contributed by atoms with Gasteiger partial charge in [0.2, 0.25) is 5.88 Å². The second-order valence-corrected chi connectivity index (χ2v) is 5.78. The van der Waals surface area contributed by atoms with Crippen LogP contribution in [0, 0.1) is 0 Å². The highest BCUT2D eigenvalue weighted by molar-refractivity contribution is 9.10. The smallest absolute Gasteiger partial charge is 0.241 e. The lowest BCUT2D eigenvalue weighted by Crippen LogP contribution is -2.03. The minimum absolute atomic E-state index is 0.453. The Kier molecular flexibility index (Phi) is 5.04. The van der Waals surface area contributed by atoms with Gasteiger partial charge < -0.3 is 10.5 Å². The molecule has 100 valence electrons. The van der Waals surface area contributed by atoms with E-state index in [9.17, 15) is 0 Å². The molecule has 2 aromatic rings. The van der Waals surface area contributed by atoms with Gasteiger partial charge in [-0.25, -0.2) is 4.98 Å². The van der Waals surface area contributed by atoms with Crippen molar-refractivity contribution in [2.75, 3.05) is 12.3 Å². The van der Waals surface area contributed by atoms with Crippen LogP contribution >= 0.6 is 27.7 Å². The van der Waals surface area contributed by atoms with Crippen LogP contribution in [-0.2, 0) is 0 Å². The molecular weight excluding hydrogens is 326 g/mol. The monoisotopic (exact) mass is 339 g/mol. The number of benzene rings is 1. The zero-order valence-corrected chi connectivity index (χ0v) is 12.9. The highest BCUT2D eigenvalue weighted by Crippen LogP contribution is 2.34. The molecule has 1 heterocycles. The van der Waals surface area contributed by atoms with E-state index < -0.39 is 0 Å². The van der Waals surface area contributed by atoms with Gasteiger partial charge in [0.25, 0.3) is 0 Å². The maximum Gasteiger partial charge on any atom is 0.241 e. The summed E-state index contributed by atoms with van der Waals surface area (Å²) in [6.45, 7) is 2.64. The predicted molar refractivity (Wildman–Crippen MR) is 80.5 cm³/mol. The van der Waals surface area contributed by atoms with Gasteiger partial charge >= 0.3 is 0 Å². The van der Waals surface area contributed by atoms with E-state index in [0.29, 0.717) is 23.2 Å². The van der Waals surface area contributed by atoms with Crippen molar-refractivity contribution in [2.45, 2.75) is 23.3 Å². The van der Waals surface area contributed by atoms with Crippen molar-refractivity contribution in [3.8, 4) is 5.88 Å². The average Bonchev–Trinajstić information content (AvgIpc) is 2.40. The Labute approximate surface area is 124 Å². The number of nitrogens with two attached hydrogens (primary N) is 1. The van der Waals surface area contributed by atoms with Crippen molar-refractivity contribution in [1.82, 2.24) is 9.97 Å². The Morgan fingerprint density at radius 1 is 1.37 bits per heavy atom. The molecule has 2 rings (SSSR count). The number of anilines is 1. The van der Waals surface area contributed by atoms with Crippen LogP contribution in [0.5, 0.6) is 5.88 Å². The molecule has 0 aliphatic heterocycles. The van der Waals surface area contributed by atoms with Crippen molar-refractivity contribution >= 4 is 33.4 Å². The van der Waals surface area contributed by atoms with Crippen LogP contribution in [0.1, 0.15) is 13.3 Å². The van der Waals surface area contributed by atoms with Gasteiger partial charge in [-0.05, 0) is 24.6 Å². The molecule has 0 fully saturated rings. The first-order valence-electron chi connectivity index (χ1n) is 5.87. The normalized spacial score (nSPS) is 10.4.